The summed E-state index contributed by atoms with van der Waals surface area (Å²) in [5.74, 6) is 0.827. The van der Waals surface area contributed by atoms with Crippen LogP contribution >= 0.6 is 34.5 Å². The van der Waals surface area contributed by atoms with Gasteiger partial charge in [-0.1, -0.05) is 41.9 Å². The average Bonchev–Trinajstić information content (AvgIpc) is 2.99. The van der Waals surface area contributed by atoms with Crippen molar-refractivity contribution in [2.45, 2.75) is 13.8 Å². The zero-order valence-electron chi connectivity index (χ0n) is 14.9. The lowest BCUT2D eigenvalue weighted by molar-refractivity contribution is 0.991. The van der Waals surface area contributed by atoms with E-state index < -0.39 is 0 Å². The Labute approximate surface area is 172 Å². The largest absolute Gasteiger partial charge is 0.326 e. The highest BCUT2D eigenvalue weighted by atomic mass is 35.5. The van der Waals surface area contributed by atoms with E-state index in [2.05, 4.69) is 40.8 Å². The Morgan fingerprint density at radius 1 is 0.963 bits per heavy atom. The number of nitrogens with zero attached hydrogens (tertiary/aromatic N) is 3. The summed E-state index contributed by atoms with van der Waals surface area (Å²) < 4.78 is 0. The standard InChI is InChI=1S/C21H17Cl2N3S/c1-3-26(16-7-5-4-6-8-16)19-18-17(14-9-11-15(22)12-10-14)13(2)27-20(18)25-21(23)24-19/h4-12H,3H2,1-2H3. The molecule has 0 saturated heterocycles. The zero-order chi connectivity index (χ0) is 19.0. The molecule has 0 spiro atoms. The SMILES string of the molecule is CCN(c1ccccc1)c1nc(Cl)nc2sc(C)c(-c3ccc(Cl)cc3)c12. The van der Waals surface area contributed by atoms with Gasteiger partial charge in [0, 0.05) is 27.7 Å². The number of aromatic nitrogens is 2. The Hall–Kier alpha value is -2.14. The normalized spacial score (nSPS) is 11.1. The molecule has 0 atom stereocenters. The third-order valence-corrected chi connectivity index (χ3v) is 5.87. The van der Waals surface area contributed by atoms with Crippen LogP contribution in [0.25, 0.3) is 21.3 Å². The van der Waals surface area contributed by atoms with Gasteiger partial charge in [-0.2, -0.15) is 4.98 Å². The highest BCUT2D eigenvalue weighted by Gasteiger charge is 2.22. The number of benzene rings is 2. The minimum Gasteiger partial charge on any atom is -0.326 e. The molecule has 6 heteroatoms. The van der Waals surface area contributed by atoms with Gasteiger partial charge in [-0.25, -0.2) is 4.98 Å². The summed E-state index contributed by atoms with van der Waals surface area (Å²) >= 11 is 14.0. The van der Waals surface area contributed by atoms with E-state index >= 15 is 0 Å². The molecule has 27 heavy (non-hydrogen) atoms. The van der Waals surface area contributed by atoms with Crippen LogP contribution in [0.15, 0.2) is 54.6 Å². The van der Waals surface area contributed by atoms with Crippen LogP contribution in [-0.2, 0) is 0 Å². The third-order valence-electron chi connectivity index (χ3n) is 4.45. The molecule has 0 bridgehead atoms. The average molecular weight is 414 g/mol. The number of anilines is 2. The molecule has 0 N–H and O–H groups in total. The molecule has 0 fully saturated rings. The van der Waals surface area contributed by atoms with Crippen molar-refractivity contribution in [3.8, 4) is 11.1 Å². The van der Waals surface area contributed by atoms with Crippen LogP contribution < -0.4 is 4.90 Å². The van der Waals surface area contributed by atoms with Gasteiger partial charge in [0.1, 0.15) is 10.6 Å². The van der Waals surface area contributed by atoms with Gasteiger partial charge < -0.3 is 4.90 Å². The van der Waals surface area contributed by atoms with Crippen molar-refractivity contribution in [1.82, 2.24) is 9.97 Å². The number of aryl methyl sites for hydroxylation is 1. The van der Waals surface area contributed by atoms with Crippen LogP contribution in [0, 0.1) is 6.92 Å². The van der Waals surface area contributed by atoms with Crippen molar-refractivity contribution < 1.29 is 0 Å². The van der Waals surface area contributed by atoms with Gasteiger partial charge >= 0.3 is 0 Å². The molecular formula is C21H17Cl2N3S. The fraction of sp³-hybridized carbons (Fsp3) is 0.143. The Morgan fingerprint density at radius 2 is 1.67 bits per heavy atom. The summed E-state index contributed by atoms with van der Waals surface area (Å²) in [7, 11) is 0. The number of fused-ring (bicyclic) bond motifs is 1. The smallest absolute Gasteiger partial charge is 0.225 e. The predicted molar refractivity (Wildman–Crippen MR) is 117 cm³/mol. The first-order valence-corrected chi connectivity index (χ1v) is 10.2. The van der Waals surface area contributed by atoms with Crippen LogP contribution in [0.2, 0.25) is 10.3 Å². The summed E-state index contributed by atoms with van der Waals surface area (Å²) in [6.45, 7) is 4.98. The van der Waals surface area contributed by atoms with Crippen molar-refractivity contribution in [2.24, 2.45) is 0 Å². The van der Waals surface area contributed by atoms with E-state index in [0.29, 0.717) is 0 Å². The Balaban J connectivity index is 2.01. The summed E-state index contributed by atoms with van der Waals surface area (Å²) in [5.41, 5.74) is 3.30. The quantitative estimate of drug-likeness (QED) is 0.333. The molecule has 0 aliphatic heterocycles. The van der Waals surface area contributed by atoms with Gasteiger partial charge in [0.25, 0.3) is 0 Å². The Kier molecular flexibility index (Phi) is 5.04. The maximum atomic E-state index is 6.28. The zero-order valence-corrected chi connectivity index (χ0v) is 17.2. The van der Waals surface area contributed by atoms with Gasteiger partial charge in [0.15, 0.2) is 0 Å². The first-order chi connectivity index (χ1) is 13.1. The third kappa shape index (κ3) is 3.41. The lowest BCUT2D eigenvalue weighted by Crippen LogP contribution is -2.18. The van der Waals surface area contributed by atoms with E-state index in [9.17, 15) is 0 Å². The van der Waals surface area contributed by atoms with Gasteiger partial charge in [-0.3, -0.25) is 0 Å². The molecule has 0 radical (unpaired) electrons. The molecule has 0 unspecified atom stereocenters. The van der Waals surface area contributed by atoms with Crippen LogP contribution in [0.3, 0.4) is 0 Å². The van der Waals surface area contributed by atoms with E-state index in [1.165, 1.54) is 4.88 Å². The number of halogens is 2. The van der Waals surface area contributed by atoms with E-state index in [-0.39, 0.29) is 5.28 Å². The number of hydrogen-bond donors (Lipinski definition) is 0. The minimum absolute atomic E-state index is 0.260. The number of thiophene rings is 1. The predicted octanol–water partition coefficient (Wildman–Crippen LogP) is 7.13. The number of para-hydroxylation sites is 1. The molecule has 2 heterocycles. The van der Waals surface area contributed by atoms with Crippen LogP contribution in [-0.4, -0.2) is 16.5 Å². The molecule has 2 aromatic heterocycles. The van der Waals surface area contributed by atoms with E-state index in [0.717, 1.165) is 44.4 Å². The lowest BCUT2D eigenvalue weighted by atomic mass is 10.0. The van der Waals surface area contributed by atoms with E-state index in [1.807, 2.05) is 42.5 Å². The highest BCUT2D eigenvalue weighted by Crippen LogP contribution is 2.43. The Bertz CT molecular complexity index is 1090. The van der Waals surface area contributed by atoms with Gasteiger partial charge in [-0.05, 0) is 55.3 Å². The highest BCUT2D eigenvalue weighted by molar-refractivity contribution is 7.19. The van der Waals surface area contributed by atoms with Crippen molar-refractivity contribution >= 4 is 56.3 Å². The first-order valence-electron chi connectivity index (χ1n) is 8.63. The molecule has 0 saturated carbocycles. The molecule has 4 rings (SSSR count). The summed E-state index contributed by atoms with van der Waals surface area (Å²) in [6, 6.07) is 18.1. The van der Waals surface area contributed by atoms with Crippen LogP contribution in [0.4, 0.5) is 11.5 Å². The van der Waals surface area contributed by atoms with Crippen molar-refractivity contribution in [1.29, 1.82) is 0 Å². The topological polar surface area (TPSA) is 29.0 Å². The first kappa shape index (κ1) is 18.2. The minimum atomic E-state index is 0.260. The van der Waals surface area contributed by atoms with Crippen LogP contribution in [0.1, 0.15) is 11.8 Å². The summed E-state index contributed by atoms with van der Waals surface area (Å²) in [4.78, 5) is 13.4. The lowest BCUT2D eigenvalue weighted by Gasteiger charge is -2.23. The maximum absolute atomic E-state index is 6.28. The molecule has 136 valence electrons. The summed E-state index contributed by atoms with van der Waals surface area (Å²) in [5, 5.41) is 2.00. The van der Waals surface area contributed by atoms with E-state index in [1.54, 1.807) is 11.3 Å². The Morgan fingerprint density at radius 3 is 2.33 bits per heavy atom. The van der Waals surface area contributed by atoms with Gasteiger partial charge in [0.05, 0.1) is 5.39 Å². The van der Waals surface area contributed by atoms with E-state index in [4.69, 9.17) is 23.2 Å². The fourth-order valence-electron chi connectivity index (χ4n) is 3.29. The van der Waals surface area contributed by atoms with Crippen molar-refractivity contribution in [3.05, 3.63) is 69.8 Å². The monoisotopic (exact) mass is 413 g/mol. The molecular weight excluding hydrogens is 397 g/mol. The van der Waals surface area contributed by atoms with Gasteiger partial charge in [0.2, 0.25) is 5.28 Å². The number of rotatable bonds is 4. The molecule has 0 aliphatic rings. The van der Waals surface area contributed by atoms with Crippen molar-refractivity contribution in [2.75, 3.05) is 11.4 Å². The molecule has 4 aromatic rings. The molecule has 0 amide bonds. The van der Waals surface area contributed by atoms with Gasteiger partial charge in [-0.15, -0.1) is 11.3 Å². The fourth-order valence-corrected chi connectivity index (χ4v) is 4.67. The van der Waals surface area contributed by atoms with Crippen LogP contribution in [0.5, 0.6) is 0 Å². The van der Waals surface area contributed by atoms with Crippen molar-refractivity contribution in [3.63, 3.8) is 0 Å². The molecule has 2 aromatic carbocycles. The second-order valence-electron chi connectivity index (χ2n) is 6.12. The second kappa shape index (κ2) is 7.47. The second-order valence-corrected chi connectivity index (χ2v) is 8.09. The number of hydrogen-bond acceptors (Lipinski definition) is 4. The molecule has 3 nitrogen and oxygen atoms in total. The molecule has 0 aliphatic carbocycles. The maximum Gasteiger partial charge on any atom is 0.225 e. The summed E-state index contributed by atoms with van der Waals surface area (Å²) in [6.07, 6.45) is 0.